The van der Waals surface area contributed by atoms with Crippen LogP contribution in [0.4, 0.5) is 10.2 Å². The number of halogens is 1. The molecule has 7 nitrogen and oxygen atoms in total. The first-order chi connectivity index (χ1) is 20.5. The number of fused-ring (bicyclic) bond motifs is 1. The number of likely N-dealkylation sites (N-methyl/N-ethyl adjacent to an activating group) is 1. The van der Waals surface area contributed by atoms with Gasteiger partial charge in [0, 0.05) is 0 Å². The van der Waals surface area contributed by atoms with Crippen LogP contribution in [0, 0.1) is 5.82 Å². The van der Waals surface area contributed by atoms with Crippen molar-refractivity contribution in [3.63, 3.8) is 0 Å². The summed E-state index contributed by atoms with van der Waals surface area (Å²) in [6, 6.07) is 0.347. The number of hydrogen-bond donors (Lipinski definition) is 1. The van der Waals surface area contributed by atoms with Gasteiger partial charge in [0.2, 0.25) is 0 Å². The monoisotopic (exact) mass is 690 g/mol. The van der Waals surface area contributed by atoms with Crippen LogP contribution in [0.2, 0.25) is 13.3 Å². The Balaban J connectivity index is 1.60. The molecule has 0 radical (unpaired) electrons. The first kappa shape index (κ1) is 32.1. The number of nitrogens with zero attached hydrogens (tertiary/aromatic N) is 5. The minimum atomic E-state index is -3.16. The van der Waals surface area contributed by atoms with Crippen molar-refractivity contribution in [2.24, 2.45) is 0 Å². The van der Waals surface area contributed by atoms with Gasteiger partial charge in [0.1, 0.15) is 0 Å². The van der Waals surface area contributed by atoms with Gasteiger partial charge < -0.3 is 0 Å². The fraction of sp³-hybridized carbons (Fsp3) is 0.788. The van der Waals surface area contributed by atoms with E-state index in [1.54, 1.807) is 0 Å². The third kappa shape index (κ3) is 6.56. The predicted molar refractivity (Wildman–Crippen MR) is 175 cm³/mol. The molecule has 0 aromatic carbocycles. The second kappa shape index (κ2) is 14.7. The van der Waals surface area contributed by atoms with Crippen LogP contribution in [0.1, 0.15) is 97.6 Å². The Labute approximate surface area is 257 Å². The van der Waals surface area contributed by atoms with E-state index in [1.807, 2.05) is 0 Å². The van der Waals surface area contributed by atoms with Crippen molar-refractivity contribution in [1.29, 1.82) is 0 Å². The van der Waals surface area contributed by atoms with Crippen LogP contribution >= 0.6 is 0 Å². The molecule has 5 rings (SSSR count). The van der Waals surface area contributed by atoms with E-state index in [4.69, 9.17) is 19.7 Å². The standard InChI is InChI=1S/C21H28FN6O.3C4H9.Sn/c1-2-23-8-12-27-11-5-16-17-18(15(22)13-24-16)25-20(26-19(17)27)29-14-21-6-3-9-28(21)10-4-7-21;3*1-3-4-2;/h23H,2-12,14H2,1H3;3*1,3-4H2,2H3;. The number of anilines is 1. The molecule has 2 saturated heterocycles. The predicted octanol–water partition coefficient (Wildman–Crippen LogP) is 6.20. The van der Waals surface area contributed by atoms with E-state index in [1.165, 1.54) is 45.4 Å². The van der Waals surface area contributed by atoms with Gasteiger partial charge in [-0.2, -0.15) is 0 Å². The third-order valence-electron chi connectivity index (χ3n) is 10.4. The maximum atomic E-state index is 17.1. The van der Waals surface area contributed by atoms with Gasteiger partial charge in [-0.15, -0.1) is 0 Å². The Morgan fingerprint density at radius 1 is 0.905 bits per heavy atom. The molecular weight excluding hydrogens is 634 g/mol. The normalized spacial score (nSPS) is 18.3. The van der Waals surface area contributed by atoms with E-state index in [0.29, 0.717) is 18.1 Å². The fourth-order valence-corrected chi connectivity index (χ4v) is 23.6. The molecule has 0 aliphatic carbocycles. The van der Waals surface area contributed by atoms with E-state index >= 15 is 4.39 Å². The van der Waals surface area contributed by atoms with Crippen molar-refractivity contribution in [1.82, 2.24) is 25.2 Å². The SMILES string of the molecule is CCC[CH2][Sn]([CH2]CCC)([CH2]CCC)[c]1nc2c3c(nc(OCC45CCCN4CCC5)nc3c1F)N(CCNCC)CC2. The van der Waals surface area contributed by atoms with Gasteiger partial charge >= 0.3 is 259 Å². The van der Waals surface area contributed by atoms with Gasteiger partial charge in [-0.3, -0.25) is 0 Å². The van der Waals surface area contributed by atoms with Crippen LogP contribution < -0.4 is 18.7 Å². The summed E-state index contributed by atoms with van der Waals surface area (Å²) in [5.41, 5.74) is 1.59. The number of aromatic nitrogens is 3. The van der Waals surface area contributed by atoms with Crippen LogP contribution in [-0.4, -0.2) is 89.6 Å². The van der Waals surface area contributed by atoms with Crippen molar-refractivity contribution < 1.29 is 9.13 Å². The van der Waals surface area contributed by atoms with Gasteiger partial charge in [-0.05, 0) is 0 Å². The second-order valence-electron chi connectivity index (χ2n) is 13.2. The molecule has 0 amide bonds. The van der Waals surface area contributed by atoms with Gasteiger partial charge in [-0.1, -0.05) is 0 Å². The summed E-state index contributed by atoms with van der Waals surface area (Å²) in [5.74, 6) is 0.673. The average Bonchev–Trinajstić information content (AvgIpc) is 3.59. The Kier molecular flexibility index (Phi) is 11.2. The number of pyridine rings is 1. The van der Waals surface area contributed by atoms with Gasteiger partial charge in [0.05, 0.1) is 0 Å². The number of ether oxygens (including phenoxy) is 1. The molecule has 0 spiro atoms. The summed E-state index contributed by atoms with van der Waals surface area (Å²) >= 11 is -3.16. The number of nitrogens with one attached hydrogen (secondary N) is 1. The van der Waals surface area contributed by atoms with Crippen molar-refractivity contribution in [3.8, 4) is 6.01 Å². The van der Waals surface area contributed by atoms with Crippen LogP contribution in [0.3, 0.4) is 0 Å². The zero-order chi connectivity index (χ0) is 29.6. The molecule has 2 aromatic rings. The van der Waals surface area contributed by atoms with Crippen molar-refractivity contribution in [3.05, 3.63) is 11.5 Å². The molecule has 3 aliphatic rings. The van der Waals surface area contributed by atoms with Crippen molar-refractivity contribution in [2.45, 2.75) is 117 Å². The molecule has 5 heterocycles. The number of rotatable bonds is 17. The molecular formula is C33H55FN6OSn. The molecule has 2 aromatic heterocycles. The van der Waals surface area contributed by atoms with Gasteiger partial charge in [-0.25, -0.2) is 0 Å². The number of unbranched alkanes of at least 4 members (excludes halogenated alkanes) is 3. The number of hydrogen-bond acceptors (Lipinski definition) is 7. The van der Waals surface area contributed by atoms with Gasteiger partial charge in [0.15, 0.2) is 0 Å². The maximum absolute atomic E-state index is 17.1. The Hall–Kier alpha value is -1.26. The van der Waals surface area contributed by atoms with Crippen LogP contribution in [-0.2, 0) is 6.42 Å². The van der Waals surface area contributed by atoms with E-state index < -0.39 is 18.4 Å². The first-order valence-electron chi connectivity index (χ1n) is 17.2. The van der Waals surface area contributed by atoms with Crippen LogP contribution in [0.15, 0.2) is 0 Å². The molecule has 9 heteroatoms. The summed E-state index contributed by atoms with van der Waals surface area (Å²) < 4.78 is 28.1. The topological polar surface area (TPSA) is 66.4 Å². The van der Waals surface area contributed by atoms with Crippen LogP contribution in [0.5, 0.6) is 6.01 Å². The van der Waals surface area contributed by atoms with E-state index in [9.17, 15) is 0 Å². The molecule has 0 bridgehead atoms. The van der Waals surface area contributed by atoms with E-state index in [0.717, 1.165) is 98.4 Å². The summed E-state index contributed by atoms with van der Waals surface area (Å²) in [6.07, 6.45) is 12.6. The molecule has 0 atom stereocenters. The van der Waals surface area contributed by atoms with Crippen molar-refractivity contribution in [2.75, 3.05) is 50.8 Å². The molecule has 234 valence electrons. The quantitative estimate of drug-likeness (QED) is 0.157. The average molecular weight is 690 g/mol. The molecule has 3 aliphatic heterocycles. The fourth-order valence-electron chi connectivity index (χ4n) is 7.92. The first-order valence-corrected chi connectivity index (χ1v) is 24.7. The molecule has 0 unspecified atom stereocenters. The summed E-state index contributed by atoms with van der Waals surface area (Å²) in [5, 5.41) is 4.28. The Bertz CT molecular complexity index is 1160. The van der Waals surface area contributed by atoms with Crippen LogP contribution in [0.25, 0.3) is 10.9 Å². The zero-order valence-electron chi connectivity index (χ0n) is 26.9. The minimum absolute atomic E-state index is 0.0967. The molecule has 2 fully saturated rings. The van der Waals surface area contributed by atoms with Gasteiger partial charge in [0.25, 0.3) is 0 Å². The summed E-state index contributed by atoms with van der Waals surface area (Å²) in [4.78, 5) is 20.1. The summed E-state index contributed by atoms with van der Waals surface area (Å²) in [6.45, 7) is 15.3. The molecule has 0 saturated carbocycles. The Morgan fingerprint density at radius 3 is 2.19 bits per heavy atom. The molecule has 42 heavy (non-hydrogen) atoms. The third-order valence-corrected chi connectivity index (χ3v) is 25.4. The van der Waals surface area contributed by atoms with E-state index in [-0.39, 0.29) is 11.4 Å². The Morgan fingerprint density at radius 2 is 1.57 bits per heavy atom. The molecule has 1 N–H and O–H groups in total. The second-order valence-corrected chi connectivity index (χ2v) is 26.1. The van der Waals surface area contributed by atoms with Crippen molar-refractivity contribution >= 4 is 38.8 Å². The summed E-state index contributed by atoms with van der Waals surface area (Å²) in [7, 11) is 0. The van der Waals surface area contributed by atoms with E-state index in [2.05, 4.69) is 42.8 Å². The zero-order valence-corrected chi connectivity index (χ0v) is 29.7.